The number of aromatic nitrogens is 1. The molecule has 0 saturated heterocycles. The number of aliphatic hydroxyl groups is 1. The number of benzene rings is 1. The number of aromatic amines is 1. The fourth-order valence-electron chi connectivity index (χ4n) is 1.87. The van der Waals surface area contributed by atoms with Gasteiger partial charge in [0, 0.05) is 17.1 Å². The predicted octanol–water partition coefficient (Wildman–Crippen LogP) is 2.79. The Morgan fingerprint density at radius 3 is 2.93 bits per heavy atom. The average Bonchev–Trinajstić information content (AvgIpc) is 2.57. The molecule has 0 spiro atoms. The van der Waals surface area contributed by atoms with Gasteiger partial charge >= 0.3 is 0 Å². The van der Waals surface area contributed by atoms with Gasteiger partial charge in [-0.1, -0.05) is 12.1 Å². The van der Waals surface area contributed by atoms with Gasteiger partial charge in [0.2, 0.25) is 0 Å². The van der Waals surface area contributed by atoms with Crippen molar-refractivity contribution in [3.63, 3.8) is 0 Å². The zero-order valence-electron chi connectivity index (χ0n) is 9.25. The molecule has 15 heavy (non-hydrogen) atoms. The van der Waals surface area contributed by atoms with Crippen LogP contribution in [0, 0.1) is 6.92 Å². The minimum atomic E-state index is -0.222. The third-order valence-corrected chi connectivity index (χ3v) is 2.75. The van der Waals surface area contributed by atoms with Gasteiger partial charge in [-0.25, -0.2) is 0 Å². The molecule has 0 unspecified atom stereocenters. The summed E-state index contributed by atoms with van der Waals surface area (Å²) in [5.74, 6) is 0. The Labute approximate surface area is 89.9 Å². The molecule has 2 N–H and O–H groups in total. The van der Waals surface area contributed by atoms with Crippen molar-refractivity contribution in [3.8, 4) is 0 Å². The lowest BCUT2D eigenvalue weighted by atomic mass is 10.1. The Morgan fingerprint density at radius 2 is 2.20 bits per heavy atom. The molecule has 1 atom stereocenters. The smallest absolute Gasteiger partial charge is 0.0515 e. The summed E-state index contributed by atoms with van der Waals surface area (Å²) in [6, 6.07) is 6.43. The molecule has 0 aliphatic rings. The van der Waals surface area contributed by atoms with E-state index in [9.17, 15) is 5.11 Å². The van der Waals surface area contributed by atoms with E-state index in [4.69, 9.17) is 0 Å². The Bertz CT molecular complexity index is 457. The lowest BCUT2D eigenvalue weighted by Gasteiger charge is -2.02. The van der Waals surface area contributed by atoms with Crippen LogP contribution in [0.5, 0.6) is 0 Å². The molecule has 1 heterocycles. The van der Waals surface area contributed by atoms with Gasteiger partial charge in [0.25, 0.3) is 0 Å². The zero-order valence-corrected chi connectivity index (χ0v) is 9.25. The van der Waals surface area contributed by atoms with E-state index in [1.54, 1.807) is 0 Å². The van der Waals surface area contributed by atoms with Crippen molar-refractivity contribution in [2.45, 2.75) is 32.8 Å². The molecule has 0 amide bonds. The summed E-state index contributed by atoms with van der Waals surface area (Å²) >= 11 is 0. The highest BCUT2D eigenvalue weighted by Crippen LogP contribution is 2.20. The number of fused-ring (bicyclic) bond motifs is 1. The maximum absolute atomic E-state index is 9.26. The summed E-state index contributed by atoms with van der Waals surface area (Å²) in [5, 5.41) is 10.5. The van der Waals surface area contributed by atoms with Gasteiger partial charge in [-0.3, -0.25) is 0 Å². The second-order valence-corrected chi connectivity index (χ2v) is 4.25. The lowest BCUT2D eigenvalue weighted by Crippen LogP contribution is -2.00. The Kier molecular flexibility index (Phi) is 2.78. The number of hydrogen-bond donors (Lipinski definition) is 2. The SMILES string of the molecule is Cc1ccc2c(CC[C@@H](C)O)c[nH]c2c1. The van der Waals surface area contributed by atoms with Crippen molar-refractivity contribution >= 4 is 10.9 Å². The van der Waals surface area contributed by atoms with Crippen molar-refractivity contribution in [1.29, 1.82) is 0 Å². The first-order valence-corrected chi connectivity index (χ1v) is 5.41. The molecular weight excluding hydrogens is 186 g/mol. The van der Waals surface area contributed by atoms with Crippen molar-refractivity contribution in [2.75, 3.05) is 0 Å². The van der Waals surface area contributed by atoms with Gasteiger partial charge in [0.1, 0.15) is 0 Å². The topological polar surface area (TPSA) is 36.0 Å². The Balaban J connectivity index is 2.29. The molecule has 2 rings (SSSR count). The van der Waals surface area contributed by atoms with E-state index in [2.05, 4.69) is 30.1 Å². The van der Waals surface area contributed by atoms with E-state index in [1.807, 2.05) is 13.1 Å². The second kappa shape index (κ2) is 4.07. The quantitative estimate of drug-likeness (QED) is 0.790. The number of hydrogen-bond acceptors (Lipinski definition) is 1. The van der Waals surface area contributed by atoms with Gasteiger partial charge in [-0.2, -0.15) is 0 Å². The minimum Gasteiger partial charge on any atom is -0.393 e. The van der Waals surface area contributed by atoms with Crippen LogP contribution in [-0.2, 0) is 6.42 Å². The second-order valence-electron chi connectivity index (χ2n) is 4.25. The molecule has 2 nitrogen and oxygen atoms in total. The first kappa shape index (κ1) is 10.2. The highest BCUT2D eigenvalue weighted by Gasteiger charge is 2.04. The molecular formula is C13H17NO. The van der Waals surface area contributed by atoms with Crippen LogP contribution in [-0.4, -0.2) is 16.2 Å². The molecule has 0 aliphatic heterocycles. The minimum absolute atomic E-state index is 0.222. The predicted molar refractivity (Wildman–Crippen MR) is 63.0 cm³/mol. The van der Waals surface area contributed by atoms with E-state index < -0.39 is 0 Å². The summed E-state index contributed by atoms with van der Waals surface area (Å²) in [6.45, 7) is 3.93. The molecule has 2 aromatic rings. The number of aryl methyl sites for hydroxylation is 2. The van der Waals surface area contributed by atoms with Crippen LogP contribution in [0.4, 0.5) is 0 Å². The van der Waals surface area contributed by atoms with Crippen molar-refractivity contribution in [3.05, 3.63) is 35.5 Å². The zero-order chi connectivity index (χ0) is 10.8. The van der Waals surface area contributed by atoms with Crippen LogP contribution in [0.3, 0.4) is 0 Å². The van der Waals surface area contributed by atoms with E-state index in [0.29, 0.717) is 0 Å². The van der Waals surface area contributed by atoms with Crippen molar-refractivity contribution in [1.82, 2.24) is 4.98 Å². The number of rotatable bonds is 3. The van der Waals surface area contributed by atoms with E-state index >= 15 is 0 Å². The fraction of sp³-hybridized carbons (Fsp3) is 0.385. The highest BCUT2D eigenvalue weighted by molar-refractivity contribution is 5.83. The summed E-state index contributed by atoms with van der Waals surface area (Å²) in [7, 11) is 0. The Morgan fingerprint density at radius 1 is 1.40 bits per heavy atom. The van der Waals surface area contributed by atoms with Crippen molar-refractivity contribution in [2.24, 2.45) is 0 Å². The van der Waals surface area contributed by atoms with E-state index in [1.165, 1.54) is 22.0 Å². The van der Waals surface area contributed by atoms with Crippen LogP contribution >= 0.6 is 0 Å². The lowest BCUT2D eigenvalue weighted by molar-refractivity contribution is 0.185. The molecule has 80 valence electrons. The molecule has 1 aromatic carbocycles. The molecule has 0 aliphatic carbocycles. The average molecular weight is 203 g/mol. The maximum Gasteiger partial charge on any atom is 0.0515 e. The van der Waals surface area contributed by atoms with Gasteiger partial charge in [0.05, 0.1) is 6.10 Å². The number of H-pyrrole nitrogens is 1. The first-order chi connectivity index (χ1) is 7.16. The van der Waals surface area contributed by atoms with E-state index in [-0.39, 0.29) is 6.10 Å². The normalized spacial score (nSPS) is 13.3. The molecule has 0 bridgehead atoms. The number of nitrogens with one attached hydrogen (secondary N) is 1. The summed E-state index contributed by atoms with van der Waals surface area (Å²) in [5.41, 5.74) is 3.76. The maximum atomic E-state index is 9.26. The molecule has 0 radical (unpaired) electrons. The van der Waals surface area contributed by atoms with E-state index in [0.717, 1.165) is 12.8 Å². The van der Waals surface area contributed by atoms with Crippen LogP contribution in [0.25, 0.3) is 10.9 Å². The largest absolute Gasteiger partial charge is 0.393 e. The number of aliphatic hydroxyl groups excluding tert-OH is 1. The molecule has 0 fully saturated rings. The van der Waals surface area contributed by atoms with Gasteiger partial charge in [-0.15, -0.1) is 0 Å². The van der Waals surface area contributed by atoms with Crippen LogP contribution in [0.2, 0.25) is 0 Å². The van der Waals surface area contributed by atoms with Crippen LogP contribution in [0.15, 0.2) is 24.4 Å². The van der Waals surface area contributed by atoms with Crippen molar-refractivity contribution < 1.29 is 5.11 Å². The van der Waals surface area contributed by atoms with Gasteiger partial charge in [0.15, 0.2) is 0 Å². The van der Waals surface area contributed by atoms with Gasteiger partial charge in [-0.05, 0) is 43.9 Å². The standard InChI is InChI=1S/C13H17NO/c1-9-3-6-12-11(5-4-10(2)15)8-14-13(12)7-9/h3,6-8,10,14-15H,4-5H2,1-2H3/t10-/m1/s1. The fourth-order valence-corrected chi connectivity index (χ4v) is 1.87. The third kappa shape index (κ3) is 2.21. The van der Waals surface area contributed by atoms with Crippen LogP contribution < -0.4 is 0 Å². The highest BCUT2D eigenvalue weighted by atomic mass is 16.3. The summed E-state index contributed by atoms with van der Waals surface area (Å²) in [4.78, 5) is 3.27. The van der Waals surface area contributed by atoms with Crippen LogP contribution in [0.1, 0.15) is 24.5 Å². The molecule has 1 aromatic heterocycles. The first-order valence-electron chi connectivity index (χ1n) is 5.41. The van der Waals surface area contributed by atoms with Gasteiger partial charge < -0.3 is 10.1 Å². The third-order valence-electron chi connectivity index (χ3n) is 2.75. The molecule has 0 saturated carbocycles. The Hall–Kier alpha value is -1.28. The molecule has 2 heteroatoms. The summed E-state index contributed by atoms with van der Waals surface area (Å²) in [6.07, 6.45) is 3.58. The summed E-state index contributed by atoms with van der Waals surface area (Å²) < 4.78 is 0. The monoisotopic (exact) mass is 203 g/mol.